The van der Waals surface area contributed by atoms with Gasteiger partial charge >= 0.3 is 0 Å². The number of aryl methyl sites for hydroxylation is 1. The molecule has 6 heteroatoms. The van der Waals surface area contributed by atoms with Gasteiger partial charge in [-0.1, -0.05) is 19.1 Å². The third-order valence-electron chi connectivity index (χ3n) is 6.46. The number of benzene rings is 1. The smallest absolute Gasteiger partial charge is 0.238 e. The van der Waals surface area contributed by atoms with Crippen molar-refractivity contribution in [1.82, 2.24) is 15.1 Å². The van der Waals surface area contributed by atoms with Gasteiger partial charge in [0.25, 0.3) is 0 Å². The average molecular weight is 401 g/mol. The fourth-order valence-electron chi connectivity index (χ4n) is 4.27. The van der Waals surface area contributed by atoms with E-state index in [-0.39, 0.29) is 11.8 Å². The number of amides is 2. The van der Waals surface area contributed by atoms with Crippen molar-refractivity contribution < 1.29 is 9.59 Å². The minimum atomic E-state index is 0.0245. The van der Waals surface area contributed by atoms with Crippen molar-refractivity contribution >= 4 is 17.5 Å². The molecule has 2 amide bonds. The van der Waals surface area contributed by atoms with Gasteiger partial charge in [0, 0.05) is 37.9 Å². The van der Waals surface area contributed by atoms with Gasteiger partial charge < -0.3 is 10.6 Å². The monoisotopic (exact) mass is 400 g/mol. The highest BCUT2D eigenvalue weighted by Gasteiger charge is 2.23. The second kappa shape index (κ2) is 10.2. The molecule has 0 aromatic heterocycles. The van der Waals surface area contributed by atoms with Crippen molar-refractivity contribution in [2.24, 2.45) is 5.92 Å². The van der Waals surface area contributed by atoms with Crippen LogP contribution in [0.5, 0.6) is 0 Å². The lowest BCUT2D eigenvalue weighted by atomic mass is 9.87. The summed E-state index contributed by atoms with van der Waals surface area (Å²) in [7, 11) is 0. The Morgan fingerprint density at radius 1 is 0.931 bits per heavy atom. The molecule has 0 spiro atoms. The topological polar surface area (TPSA) is 64.7 Å². The van der Waals surface area contributed by atoms with E-state index < -0.39 is 0 Å². The Morgan fingerprint density at radius 2 is 1.52 bits per heavy atom. The highest BCUT2D eigenvalue weighted by atomic mass is 16.2. The Bertz CT molecular complexity index is 705. The summed E-state index contributed by atoms with van der Waals surface area (Å²) in [5, 5.41) is 6.24. The fraction of sp³-hybridized carbons (Fsp3) is 0.652. The molecule has 160 valence electrons. The zero-order valence-corrected chi connectivity index (χ0v) is 18.2. The van der Waals surface area contributed by atoms with Crippen LogP contribution in [0.2, 0.25) is 0 Å². The van der Waals surface area contributed by atoms with E-state index in [2.05, 4.69) is 40.3 Å². The van der Waals surface area contributed by atoms with Gasteiger partial charge in [0.15, 0.2) is 0 Å². The second-order valence-corrected chi connectivity index (χ2v) is 8.87. The number of hydrogen-bond donors (Lipinski definition) is 2. The molecule has 1 aromatic carbocycles. The molecule has 0 radical (unpaired) electrons. The normalized spacial score (nSPS) is 23.6. The number of carbonyl (C=O) groups excluding carboxylic acids is 2. The Balaban J connectivity index is 1.36. The van der Waals surface area contributed by atoms with E-state index in [1.165, 1.54) is 18.4 Å². The summed E-state index contributed by atoms with van der Waals surface area (Å²) in [5.41, 5.74) is 3.18. The summed E-state index contributed by atoms with van der Waals surface area (Å²) in [6.07, 6.45) is 4.65. The van der Waals surface area contributed by atoms with Crippen LogP contribution in [0, 0.1) is 19.8 Å². The van der Waals surface area contributed by atoms with Crippen molar-refractivity contribution in [2.75, 3.05) is 44.6 Å². The second-order valence-electron chi connectivity index (χ2n) is 8.87. The van der Waals surface area contributed by atoms with Crippen LogP contribution in [0.1, 0.15) is 43.7 Å². The number of nitrogens with zero attached hydrogens (tertiary/aromatic N) is 2. The molecule has 2 aliphatic rings. The maximum atomic E-state index is 12.4. The van der Waals surface area contributed by atoms with E-state index in [4.69, 9.17) is 0 Å². The third kappa shape index (κ3) is 6.54. The predicted octanol–water partition coefficient (Wildman–Crippen LogP) is 2.55. The summed E-state index contributed by atoms with van der Waals surface area (Å²) in [4.78, 5) is 29.1. The van der Waals surface area contributed by atoms with Crippen LogP contribution in [0.4, 0.5) is 5.69 Å². The van der Waals surface area contributed by atoms with E-state index in [9.17, 15) is 9.59 Å². The van der Waals surface area contributed by atoms with Crippen molar-refractivity contribution in [3.8, 4) is 0 Å². The highest BCUT2D eigenvalue weighted by Crippen LogP contribution is 2.23. The van der Waals surface area contributed by atoms with E-state index >= 15 is 0 Å². The maximum absolute atomic E-state index is 12.4. The van der Waals surface area contributed by atoms with Crippen molar-refractivity contribution in [2.45, 2.75) is 52.5 Å². The van der Waals surface area contributed by atoms with Gasteiger partial charge in [-0.25, -0.2) is 0 Å². The number of carbonyl (C=O) groups is 2. The van der Waals surface area contributed by atoms with Gasteiger partial charge in [0.1, 0.15) is 0 Å². The maximum Gasteiger partial charge on any atom is 0.238 e. The molecule has 1 saturated carbocycles. The first-order chi connectivity index (χ1) is 13.9. The van der Waals surface area contributed by atoms with Crippen LogP contribution in [0.3, 0.4) is 0 Å². The molecule has 3 rings (SSSR count). The predicted molar refractivity (Wildman–Crippen MR) is 117 cm³/mol. The van der Waals surface area contributed by atoms with Gasteiger partial charge in [0.05, 0.1) is 13.1 Å². The molecule has 0 unspecified atom stereocenters. The lowest BCUT2D eigenvalue weighted by molar-refractivity contribution is -0.124. The summed E-state index contributed by atoms with van der Waals surface area (Å²) in [6.45, 7) is 10.5. The highest BCUT2D eigenvalue weighted by molar-refractivity contribution is 5.93. The number of piperazine rings is 1. The number of nitrogens with one attached hydrogen (secondary N) is 2. The number of hydrogen-bond acceptors (Lipinski definition) is 4. The molecule has 1 saturated heterocycles. The molecule has 29 heavy (non-hydrogen) atoms. The zero-order chi connectivity index (χ0) is 20.8. The quantitative estimate of drug-likeness (QED) is 0.770. The minimum Gasteiger partial charge on any atom is -0.352 e. The van der Waals surface area contributed by atoms with Gasteiger partial charge in [-0.3, -0.25) is 19.4 Å². The Kier molecular flexibility index (Phi) is 7.67. The van der Waals surface area contributed by atoms with Crippen molar-refractivity contribution in [1.29, 1.82) is 0 Å². The summed E-state index contributed by atoms with van der Waals surface area (Å²) in [6, 6.07) is 6.32. The molecule has 0 atom stereocenters. The SMILES string of the molecule is Cc1cccc(NC(=O)CN2CCN(CC(=O)NC3CCC(C)CC3)CC2)c1C. The lowest BCUT2D eigenvalue weighted by Crippen LogP contribution is -2.52. The molecule has 1 aliphatic carbocycles. The van der Waals surface area contributed by atoms with Crippen LogP contribution in [0.25, 0.3) is 0 Å². The lowest BCUT2D eigenvalue weighted by Gasteiger charge is -2.34. The Labute approximate surface area is 175 Å². The first-order valence-corrected chi connectivity index (χ1v) is 11.0. The largest absolute Gasteiger partial charge is 0.352 e. The van der Waals surface area contributed by atoms with E-state index in [1.807, 2.05) is 19.1 Å². The van der Waals surface area contributed by atoms with E-state index in [1.54, 1.807) is 0 Å². The number of rotatable bonds is 6. The summed E-state index contributed by atoms with van der Waals surface area (Å²) >= 11 is 0. The molecule has 1 aliphatic heterocycles. The number of anilines is 1. The third-order valence-corrected chi connectivity index (χ3v) is 6.46. The van der Waals surface area contributed by atoms with Gasteiger partial charge in [-0.05, 0) is 62.6 Å². The fourth-order valence-corrected chi connectivity index (χ4v) is 4.27. The Morgan fingerprint density at radius 3 is 2.14 bits per heavy atom. The molecule has 2 fully saturated rings. The van der Waals surface area contributed by atoms with Crippen LogP contribution in [-0.2, 0) is 9.59 Å². The van der Waals surface area contributed by atoms with Crippen LogP contribution < -0.4 is 10.6 Å². The van der Waals surface area contributed by atoms with E-state index in [0.717, 1.165) is 56.2 Å². The summed E-state index contributed by atoms with van der Waals surface area (Å²) in [5.74, 6) is 0.963. The van der Waals surface area contributed by atoms with Crippen LogP contribution in [0.15, 0.2) is 18.2 Å². The summed E-state index contributed by atoms with van der Waals surface area (Å²) < 4.78 is 0. The molecule has 2 N–H and O–H groups in total. The molecular weight excluding hydrogens is 364 g/mol. The first kappa shape index (κ1) is 21.8. The van der Waals surface area contributed by atoms with Gasteiger partial charge in [-0.15, -0.1) is 0 Å². The molecule has 0 bridgehead atoms. The molecule has 6 nitrogen and oxygen atoms in total. The molecule has 1 heterocycles. The van der Waals surface area contributed by atoms with Gasteiger partial charge in [-0.2, -0.15) is 0 Å². The Hall–Kier alpha value is -1.92. The van der Waals surface area contributed by atoms with Crippen LogP contribution >= 0.6 is 0 Å². The standard InChI is InChI=1S/C23H36N4O2/c1-17-7-9-20(10-8-17)24-22(28)15-26-11-13-27(14-12-26)16-23(29)25-21-6-4-5-18(2)19(21)3/h4-6,17,20H,7-16H2,1-3H3,(H,24,28)(H,25,29). The van der Waals surface area contributed by atoms with Gasteiger partial charge in [0.2, 0.25) is 11.8 Å². The zero-order valence-electron chi connectivity index (χ0n) is 18.2. The molecule has 1 aromatic rings. The minimum absolute atomic E-state index is 0.0245. The average Bonchev–Trinajstić information content (AvgIpc) is 2.69. The first-order valence-electron chi connectivity index (χ1n) is 11.0. The van der Waals surface area contributed by atoms with Crippen molar-refractivity contribution in [3.05, 3.63) is 29.3 Å². The van der Waals surface area contributed by atoms with Crippen molar-refractivity contribution in [3.63, 3.8) is 0 Å². The molecular formula is C23H36N4O2. The van der Waals surface area contributed by atoms with E-state index in [0.29, 0.717) is 19.1 Å². The van der Waals surface area contributed by atoms with Crippen LogP contribution in [-0.4, -0.2) is 66.9 Å².